The molecule has 0 bridgehead atoms. The number of hydrogen-bond donors (Lipinski definition) is 2. The van der Waals surface area contributed by atoms with Crippen LogP contribution < -0.4 is 15.5 Å². The van der Waals surface area contributed by atoms with E-state index in [1.54, 1.807) is 4.90 Å². The summed E-state index contributed by atoms with van der Waals surface area (Å²) in [5, 5.41) is 5.92. The van der Waals surface area contributed by atoms with Crippen LogP contribution in [0, 0.1) is 0 Å². The van der Waals surface area contributed by atoms with Gasteiger partial charge in [0.05, 0.1) is 6.54 Å². The van der Waals surface area contributed by atoms with E-state index in [4.69, 9.17) is 0 Å². The molecular formula is C14H17N3O2. The lowest BCUT2D eigenvalue weighted by atomic mass is 9.95. The topological polar surface area (TPSA) is 61.4 Å². The van der Waals surface area contributed by atoms with Crippen molar-refractivity contribution in [3.05, 3.63) is 29.8 Å². The van der Waals surface area contributed by atoms with Crippen LogP contribution in [0.4, 0.5) is 5.69 Å². The normalized spacial score (nSPS) is 23.6. The van der Waals surface area contributed by atoms with Gasteiger partial charge in [0.15, 0.2) is 0 Å². The Balaban J connectivity index is 1.94. The lowest BCUT2D eigenvalue weighted by molar-refractivity contribution is -0.128. The third-order valence-electron chi connectivity index (χ3n) is 3.77. The average Bonchev–Trinajstić information content (AvgIpc) is 2.95. The van der Waals surface area contributed by atoms with Gasteiger partial charge in [-0.15, -0.1) is 0 Å². The largest absolute Gasteiger partial charge is 0.345 e. The molecule has 2 heterocycles. The molecule has 2 saturated heterocycles. The summed E-state index contributed by atoms with van der Waals surface area (Å²) in [4.78, 5) is 25.1. The Hall–Kier alpha value is -1.88. The van der Waals surface area contributed by atoms with Crippen LogP contribution in [0.1, 0.15) is 17.9 Å². The van der Waals surface area contributed by atoms with E-state index in [1.165, 1.54) is 0 Å². The maximum atomic E-state index is 12.0. The van der Waals surface area contributed by atoms with Crippen LogP contribution in [-0.4, -0.2) is 38.0 Å². The molecule has 3 rings (SSSR count). The second-order valence-electron chi connectivity index (χ2n) is 5.01. The minimum atomic E-state index is -0.0982. The Kier molecular flexibility index (Phi) is 3.21. The Morgan fingerprint density at radius 3 is 2.84 bits per heavy atom. The molecule has 0 saturated carbocycles. The number of carbonyl (C=O) groups is 2. The lowest BCUT2D eigenvalue weighted by Crippen LogP contribution is -2.52. The summed E-state index contributed by atoms with van der Waals surface area (Å²) in [6.07, 6.45) is 1.07. The van der Waals surface area contributed by atoms with Crippen molar-refractivity contribution in [2.45, 2.75) is 12.3 Å². The van der Waals surface area contributed by atoms with Crippen LogP contribution in [0.5, 0.6) is 0 Å². The van der Waals surface area contributed by atoms with Gasteiger partial charge in [0.2, 0.25) is 11.8 Å². The molecule has 2 aliphatic rings. The van der Waals surface area contributed by atoms with E-state index in [0.717, 1.165) is 30.8 Å². The van der Waals surface area contributed by atoms with Crippen molar-refractivity contribution in [1.82, 2.24) is 10.6 Å². The second-order valence-corrected chi connectivity index (χ2v) is 5.01. The van der Waals surface area contributed by atoms with E-state index in [2.05, 4.69) is 16.7 Å². The molecule has 1 aromatic carbocycles. The average molecular weight is 259 g/mol. The van der Waals surface area contributed by atoms with Crippen LogP contribution >= 0.6 is 0 Å². The Labute approximate surface area is 112 Å². The summed E-state index contributed by atoms with van der Waals surface area (Å²) in [6, 6.07) is 7.91. The first kappa shape index (κ1) is 12.2. The van der Waals surface area contributed by atoms with Crippen LogP contribution in [0.3, 0.4) is 0 Å². The van der Waals surface area contributed by atoms with E-state index in [0.29, 0.717) is 5.92 Å². The zero-order chi connectivity index (χ0) is 13.2. The predicted molar refractivity (Wildman–Crippen MR) is 72.0 cm³/mol. The van der Waals surface area contributed by atoms with Crippen molar-refractivity contribution in [1.29, 1.82) is 0 Å². The van der Waals surface area contributed by atoms with Crippen molar-refractivity contribution < 1.29 is 9.59 Å². The fourth-order valence-electron chi connectivity index (χ4n) is 2.78. The molecule has 2 aliphatic heterocycles. The molecule has 2 fully saturated rings. The maximum Gasteiger partial charge on any atom is 0.246 e. The van der Waals surface area contributed by atoms with Crippen LogP contribution in [0.2, 0.25) is 0 Å². The number of anilines is 1. The van der Waals surface area contributed by atoms with E-state index < -0.39 is 0 Å². The number of benzene rings is 1. The first-order valence-electron chi connectivity index (χ1n) is 6.62. The van der Waals surface area contributed by atoms with Crippen molar-refractivity contribution in [2.75, 3.05) is 31.1 Å². The molecule has 1 unspecified atom stereocenters. The van der Waals surface area contributed by atoms with Crippen molar-refractivity contribution >= 4 is 17.5 Å². The molecule has 1 atom stereocenters. The minimum absolute atomic E-state index is 0.0435. The third kappa shape index (κ3) is 2.33. The first-order valence-corrected chi connectivity index (χ1v) is 6.62. The molecule has 0 aromatic heterocycles. The quantitative estimate of drug-likeness (QED) is 0.799. The first-order chi connectivity index (χ1) is 9.25. The smallest absolute Gasteiger partial charge is 0.246 e. The predicted octanol–water partition coefficient (Wildman–Crippen LogP) is 0.226. The van der Waals surface area contributed by atoms with Crippen molar-refractivity contribution in [3.63, 3.8) is 0 Å². The highest BCUT2D eigenvalue weighted by atomic mass is 16.2. The van der Waals surface area contributed by atoms with Gasteiger partial charge in [-0.25, -0.2) is 0 Å². The highest BCUT2D eigenvalue weighted by Crippen LogP contribution is 2.31. The Bertz CT molecular complexity index is 509. The van der Waals surface area contributed by atoms with Crippen LogP contribution in [0.15, 0.2) is 24.3 Å². The lowest BCUT2D eigenvalue weighted by Gasteiger charge is -2.29. The van der Waals surface area contributed by atoms with Crippen LogP contribution in [-0.2, 0) is 9.59 Å². The van der Waals surface area contributed by atoms with E-state index in [9.17, 15) is 9.59 Å². The van der Waals surface area contributed by atoms with E-state index >= 15 is 0 Å². The van der Waals surface area contributed by atoms with Gasteiger partial charge in [0, 0.05) is 12.2 Å². The van der Waals surface area contributed by atoms with Gasteiger partial charge in [-0.05, 0) is 30.5 Å². The van der Waals surface area contributed by atoms with Gasteiger partial charge in [-0.2, -0.15) is 0 Å². The van der Waals surface area contributed by atoms with E-state index in [-0.39, 0.29) is 24.9 Å². The molecule has 19 heavy (non-hydrogen) atoms. The molecule has 1 aromatic rings. The number of carbonyl (C=O) groups excluding carboxylic acids is 2. The Morgan fingerprint density at radius 2 is 2.05 bits per heavy atom. The maximum absolute atomic E-state index is 12.0. The minimum Gasteiger partial charge on any atom is -0.345 e. The molecule has 2 N–H and O–H groups in total. The number of rotatable bonds is 2. The van der Waals surface area contributed by atoms with Crippen molar-refractivity contribution in [2.24, 2.45) is 0 Å². The molecule has 5 heteroatoms. The Morgan fingerprint density at radius 1 is 1.21 bits per heavy atom. The molecule has 0 aliphatic carbocycles. The van der Waals surface area contributed by atoms with Crippen molar-refractivity contribution in [3.8, 4) is 0 Å². The van der Waals surface area contributed by atoms with Gasteiger partial charge < -0.3 is 15.5 Å². The van der Waals surface area contributed by atoms with Gasteiger partial charge in [-0.1, -0.05) is 18.2 Å². The number of nitrogens with one attached hydrogen (secondary N) is 2. The molecule has 2 amide bonds. The third-order valence-corrected chi connectivity index (χ3v) is 3.77. The van der Waals surface area contributed by atoms with Gasteiger partial charge in [-0.3, -0.25) is 9.59 Å². The number of para-hydroxylation sites is 1. The summed E-state index contributed by atoms with van der Waals surface area (Å²) in [7, 11) is 0. The summed E-state index contributed by atoms with van der Waals surface area (Å²) >= 11 is 0. The standard InChI is InChI=1S/C14H17N3O2/c18-13-9-17(14(19)8-16-13)12-4-2-1-3-11(12)10-5-6-15-7-10/h1-4,10,15H,5-9H2,(H,16,18). The fourth-order valence-corrected chi connectivity index (χ4v) is 2.78. The summed E-state index contributed by atoms with van der Waals surface area (Å²) < 4.78 is 0. The number of hydrogen-bond acceptors (Lipinski definition) is 3. The SMILES string of the molecule is O=C1CN(c2ccccc2C2CCNC2)C(=O)CN1. The van der Waals surface area contributed by atoms with Gasteiger partial charge in [0.25, 0.3) is 0 Å². The van der Waals surface area contributed by atoms with Crippen LogP contribution in [0.25, 0.3) is 0 Å². The molecule has 5 nitrogen and oxygen atoms in total. The molecule has 0 radical (unpaired) electrons. The zero-order valence-corrected chi connectivity index (χ0v) is 10.7. The molecule has 0 spiro atoms. The summed E-state index contributed by atoms with van der Waals surface area (Å²) in [5.74, 6) is 0.283. The monoisotopic (exact) mass is 259 g/mol. The molecular weight excluding hydrogens is 242 g/mol. The van der Waals surface area contributed by atoms with Gasteiger partial charge >= 0.3 is 0 Å². The fraction of sp³-hybridized carbons (Fsp3) is 0.429. The molecule has 100 valence electrons. The second kappa shape index (κ2) is 5.01. The summed E-state index contributed by atoms with van der Waals surface area (Å²) in [5.41, 5.74) is 2.05. The summed E-state index contributed by atoms with van der Waals surface area (Å²) in [6.45, 7) is 2.16. The highest BCUT2D eigenvalue weighted by Gasteiger charge is 2.28. The number of piperazine rings is 1. The van der Waals surface area contributed by atoms with E-state index in [1.807, 2.05) is 18.2 Å². The number of amides is 2. The van der Waals surface area contributed by atoms with Gasteiger partial charge in [0.1, 0.15) is 6.54 Å². The highest BCUT2D eigenvalue weighted by molar-refractivity contribution is 6.05. The zero-order valence-electron chi connectivity index (χ0n) is 10.7. The number of nitrogens with zero attached hydrogens (tertiary/aromatic N) is 1.